The van der Waals surface area contributed by atoms with Crippen molar-refractivity contribution in [2.75, 3.05) is 31.7 Å². The van der Waals surface area contributed by atoms with Gasteiger partial charge in [0.1, 0.15) is 6.61 Å². The first kappa shape index (κ1) is 28.8. The van der Waals surface area contributed by atoms with Crippen LogP contribution in [0.15, 0.2) is 78.4 Å². The quantitative estimate of drug-likeness (QED) is 0.170. The summed E-state index contributed by atoms with van der Waals surface area (Å²) >= 11 is 0. The summed E-state index contributed by atoms with van der Waals surface area (Å²) in [5.74, 6) is 1.15. The predicted molar refractivity (Wildman–Crippen MR) is 151 cm³/mol. The van der Waals surface area contributed by atoms with Gasteiger partial charge in [-0.05, 0) is 80.4 Å². The van der Waals surface area contributed by atoms with Crippen molar-refractivity contribution in [2.45, 2.75) is 20.8 Å². The third kappa shape index (κ3) is 8.92. The lowest BCUT2D eigenvalue weighted by Gasteiger charge is -2.13. The van der Waals surface area contributed by atoms with Crippen LogP contribution < -0.4 is 29.7 Å². The number of hydrogen-bond acceptors (Lipinski definition) is 7. The molecule has 204 valence electrons. The van der Waals surface area contributed by atoms with Crippen molar-refractivity contribution >= 4 is 23.7 Å². The standard InChI is InChI=1S/C30H33N3O6/c1-5-15-38-25-14-12-23(18-28(25)37-7-3)30(35)33-31-19-22-11-13-26(27(17-22)36-6-2)39-20-29(34)32-24-10-8-9-21(4)16-24/h5,8-14,16-19H,1,6-7,15,20H2,2-4H3,(H,32,34)(H,33,35)/b31-19+. The first-order chi connectivity index (χ1) is 18.9. The summed E-state index contributed by atoms with van der Waals surface area (Å²) in [6, 6.07) is 17.5. The fourth-order valence-electron chi connectivity index (χ4n) is 3.47. The van der Waals surface area contributed by atoms with E-state index in [1.54, 1.807) is 42.5 Å². The molecular weight excluding hydrogens is 498 g/mol. The molecule has 3 aromatic carbocycles. The molecule has 0 aliphatic heterocycles. The number of benzene rings is 3. The van der Waals surface area contributed by atoms with E-state index in [9.17, 15) is 9.59 Å². The van der Waals surface area contributed by atoms with Crippen LogP contribution in [0.1, 0.15) is 35.3 Å². The van der Waals surface area contributed by atoms with E-state index in [4.69, 9.17) is 18.9 Å². The van der Waals surface area contributed by atoms with Gasteiger partial charge in [-0.25, -0.2) is 5.43 Å². The van der Waals surface area contributed by atoms with Crippen molar-refractivity contribution in [3.05, 3.63) is 90.0 Å². The molecule has 9 heteroatoms. The minimum atomic E-state index is -0.410. The van der Waals surface area contributed by atoms with Crippen molar-refractivity contribution in [1.29, 1.82) is 0 Å². The third-order valence-electron chi connectivity index (χ3n) is 5.17. The van der Waals surface area contributed by atoms with Gasteiger partial charge in [-0.3, -0.25) is 9.59 Å². The molecule has 0 radical (unpaired) electrons. The topological polar surface area (TPSA) is 107 Å². The van der Waals surface area contributed by atoms with Gasteiger partial charge >= 0.3 is 0 Å². The highest BCUT2D eigenvalue weighted by Gasteiger charge is 2.12. The van der Waals surface area contributed by atoms with Crippen molar-refractivity contribution in [3.63, 3.8) is 0 Å². The van der Waals surface area contributed by atoms with E-state index >= 15 is 0 Å². The fraction of sp³-hybridized carbons (Fsp3) is 0.233. The lowest BCUT2D eigenvalue weighted by atomic mass is 10.2. The maximum atomic E-state index is 12.6. The largest absolute Gasteiger partial charge is 0.490 e. The number of nitrogens with zero attached hydrogens (tertiary/aromatic N) is 1. The summed E-state index contributed by atoms with van der Waals surface area (Å²) in [5.41, 5.74) is 5.28. The van der Waals surface area contributed by atoms with E-state index in [-0.39, 0.29) is 12.5 Å². The molecule has 0 aliphatic carbocycles. The summed E-state index contributed by atoms with van der Waals surface area (Å²) in [5, 5.41) is 6.86. The Morgan fingerprint density at radius 3 is 2.31 bits per heavy atom. The lowest BCUT2D eigenvalue weighted by molar-refractivity contribution is -0.118. The second-order valence-corrected chi connectivity index (χ2v) is 8.24. The highest BCUT2D eigenvalue weighted by molar-refractivity contribution is 5.95. The van der Waals surface area contributed by atoms with Gasteiger partial charge in [-0.15, -0.1) is 0 Å². The van der Waals surface area contributed by atoms with Crippen molar-refractivity contribution in [2.24, 2.45) is 5.10 Å². The zero-order valence-corrected chi connectivity index (χ0v) is 22.4. The molecule has 2 amide bonds. The van der Waals surface area contributed by atoms with Gasteiger partial charge in [0.05, 0.1) is 19.4 Å². The summed E-state index contributed by atoms with van der Waals surface area (Å²) in [7, 11) is 0. The Labute approximate surface area is 228 Å². The molecule has 0 saturated heterocycles. The molecule has 0 aliphatic rings. The number of nitrogens with one attached hydrogen (secondary N) is 2. The van der Waals surface area contributed by atoms with Crippen LogP contribution in [0.5, 0.6) is 23.0 Å². The van der Waals surface area contributed by atoms with Gasteiger partial charge in [-0.1, -0.05) is 24.8 Å². The van der Waals surface area contributed by atoms with E-state index in [0.717, 1.165) is 5.56 Å². The average Bonchev–Trinajstić information content (AvgIpc) is 2.92. The van der Waals surface area contributed by atoms with Gasteiger partial charge < -0.3 is 24.3 Å². The molecule has 9 nitrogen and oxygen atoms in total. The molecule has 0 bridgehead atoms. The zero-order valence-electron chi connectivity index (χ0n) is 22.4. The predicted octanol–water partition coefficient (Wildman–Crippen LogP) is 5.14. The van der Waals surface area contributed by atoms with Crippen LogP contribution in [0.25, 0.3) is 0 Å². The maximum absolute atomic E-state index is 12.6. The number of hydrazone groups is 1. The molecule has 0 unspecified atom stereocenters. The van der Waals surface area contributed by atoms with Crippen molar-refractivity contribution < 1.29 is 28.5 Å². The Morgan fingerprint density at radius 1 is 0.872 bits per heavy atom. The molecule has 0 saturated carbocycles. The van der Waals surface area contributed by atoms with Crippen LogP contribution in [0.3, 0.4) is 0 Å². The van der Waals surface area contributed by atoms with E-state index in [0.29, 0.717) is 59.6 Å². The Kier molecular flexibility index (Phi) is 10.9. The van der Waals surface area contributed by atoms with Crippen LogP contribution in [-0.4, -0.2) is 44.5 Å². The van der Waals surface area contributed by atoms with E-state index in [1.807, 2.05) is 45.0 Å². The van der Waals surface area contributed by atoms with Crippen molar-refractivity contribution in [3.8, 4) is 23.0 Å². The fourth-order valence-corrected chi connectivity index (χ4v) is 3.47. The molecule has 0 heterocycles. The molecule has 3 aromatic rings. The number of ether oxygens (including phenoxy) is 4. The van der Waals surface area contributed by atoms with E-state index < -0.39 is 5.91 Å². The van der Waals surface area contributed by atoms with Crippen LogP contribution in [0.4, 0.5) is 5.69 Å². The first-order valence-electron chi connectivity index (χ1n) is 12.5. The van der Waals surface area contributed by atoms with Crippen LogP contribution in [0.2, 0.25) is 0 Å². The maximum Gasteiger partial charge on any atom is 0.271 e. The highest BCUT2D eigenvalue weighted by atomic mass is 16.5. The van der Waals surface area contributed by atoms with Crippen molar-refractivity contribution in [1.82, 2.24) is 5.43 Å². The molecule has 3 rings (SSSR count). The van der Waals surface area contributed by atoms with Crippen LogP contribution in [-0.2, 0) is 4.79 Å². The average molecular weight is 532 g/mol. The Balaban J connectivity index is 1.61. The highest BCUT2D eigenvalue weighted by Crippen LogP contribution is 2.29. The van der Waals surface area contributed by atoms with Gasteiger partial charge in [0, 0.05) is 11.3 Å². The first-order valence-corrected chi connectivity index (χ1v) is 12.5. The third-order valence-corrected chi connectivity index (χ3v) is 5.17. The smallest absolute Gasteiger partial charge is 0.271 e. The van der Waals surface area contributed by atoms with E-state index in [1.165, 1.54) is 6.21 Å². The molecule has 0 atom stereocenters. The second kappa shape index (κ2) is 14.8. The number of carbonyl (C=O) groups excluding carboxylic acids is 2. The number of carbonyl (C=O) groups is 2. The van der Waals surface area contributed by atoms with Crippen LogP contribution in [0, 0.1) is 6.92 Å². The Morgan fingerprint density at radius 2 is 1.59 bits per heavy atom. The normalized spacial score (nSPS) is 10.5. The monoisotopic (exact) mass is 531 g/mol. The Bertz CT molecular complexity index is 1320. The molecule has 0 aromatic heterocycles. The van der Waals surface area contributed by atoms with E-state index in [2.05, 4.69) is 22.4 Å². The summed E-state index contributed by atoms with van der Waals surface area (Å²) in [6.07, 6.45) is 3.11. The zero-order chi connectivity index (χ0) is 28.0. The number of aryl methyl sites for hydroxylation is 1. The molecule has 0 fully saturated rings. The molecular formula is C30H33N3O6. The number of anilines is 1. The van der Waals surface area contributed by atoms with Gasteiger partial charge in [-0.2, -0.15) is 5.10 Å². The van der Waals surface area contributed by atoms with Gasteiger partial charge in [0.25, 0.3) is 11.8 Å². The molecule has 0 spiro atoms. The van der Waals surface area contributed by atoms with Gasteiger partial charge in [0.2, 0.25) is 0 Å². The SMILES string of the molecule is C=CCOc1ccc(C(=O)N/N=C/c2ccc(OCC(=O)Nc3cccc(C)c3)c(OCC)c2)cc1OCC. The molecule has 39 heavy (non-hydrogen) atoms. The molecule has 2 N–H and O–H groups in total. The number of hydrogen-bond donors (Lipinski definition) is 2. The minimum Gasteiger partial charge on any atom is -0.490 e. The summed E-state index contributed by atoms with van der Waals surface area (Å²) in [6.45, 7) is 10.2. The minimum absolute atomic E-state index is 0.182. The number of rotatable bonds is 14. The lowest BCUT2D eigenvalue weighted by Crippen LogP contribution is -2.20. The summed E-state index contributed by atoms with van der Waals surface area (Å²) in [4.78, 5) is 24.9. The second-order valence-electron chi connectivity index (χ2n) is 8.24. The summed E-state index contributed by atoms with van der Waals surface area (Å²) < 4.78 is 22.5. The number of amides is 2. The Hall–Kier alpha value is -4.79. The van der Waals surface area contributed by atoms with Gasteiger partial charge in [0.15, 0.2) is 29.6 Å². The van der Waals surface area contributed by atoms with Crippen LogP contribution >= 0.6 is 0 Å².